The summed E-state index contributed by atoms with van der Waals surface area (Å²) in [6, 6.07) is 7.39. The van der Waals surface area contributed by atoms with Crippen LogP contribution >= 0.6 is 0 Å². The fourth-order valence-corrected chi connectivity index (χ4v) is 2.30. The average Bonchev–Trinajstić information content (AvgIpc) is 2.52. The Hall–Kier alpha value is -2.45. The van der Waals surface area contributed by atoms with Gasteiger partial charge in [0.1, 0.15) is 14.2 Å². The molecular formula is C20H23NO2Si. The number of aliphatic hydroxyl groups is 1. The highest BCUT2D eigenvalue weighted by atomic mass is 28.3. The summed E-state index contributed by atoms with van der Waals surface area (Å²) in [4.78, 5) is 13.3. The van der Waals surface area contributed by atoms with Gasteiger partial charge < -0.3 is 10.0 Å². The monoisotopic (exact) mass is 337 g/mol. The fraction of sp³-hybridized carbons (Fsp3) is 0.350. The summed E-state index contributed by atoms with van der Waals surface area (Å²) in [6.07, 6.45) is 4.86. The lowest BCUT2D eigenvalue weighted by Gasteiger charge is -2.11. The molecule has 1 amide bonds. The van der Waals surface area contributed by atoms with Gasteiger partial charge in [-0.1, -0.05) is 55.7 Å². The minimum atomic E-state index is -1.57. The molecule has 3 nitrogen and oxygen atoms in total. The SMILES string of the molecule is C#CCc1ccccc1C(O)C#CCN(C)C(=O)C#C[Si](C)(C)C. The summed E-state index contributed by atoms with van der Waals surface area (Å²) in [6.45, 7) is 6.46. The lowest BCUT2D eigenvalue weighted by atomic mass is 10.0. The summed E-state index contributed by atoms with van der Waals surface area (Å²) in [5.41, 5.74) is 4.62. The first kappa shape index (κ1) is 19.6. The van der Waals surface area contributed by atoms with E-state index in [0.717, 1.165) is 5.56 Å². The normalized spacial score (nSPS) is 11.2. The Morgan fingerprint density at radius 2 is 2.00 bits per heavy atom. The highest BCUT2D eigenvalue weighted by Gasteiger charge is 2.11. The molecule has 0 spiro atoms. The van der Waals surface area contributed by atoms with Crippen molar-refractivity contribution in [1.29, 1.82) is 0 Å². The van der Waals surface area contributed by atoms with Gasteiger partial charge in [-0.15, -0.1) is 17.9 Å². The molecule has 0 heterocycles. The third-order valence-corrected chi connectivity index (χ3v) is 3.96. The van der Waals surface area contributed by atoms with Gasteiger partial charge in [0.2, 0.25) is 0 Å². The summed E-state index contributed by atoms with van der Waals surface area (Å²) in [5.74, 6) is 10.6. The quantitative estimate of drug-likeness (QED) is 0.679. The summed E-state index contributed by atoms with van der Waals surface area (Å²) in [7, 11) is 0.0733. The van der Waals surface area contributed by atoms with Gasteiger partial charge in [-0.25, -0.2) is 0 Å². The van der Waals surface area contributed by atoms with Gasteiger partial charge in [0.25, 0.3) is 5.91 Å². The topological polar surface area (TPSA) is 40.5 Å². The second-order valence-electron chi connectivity index (χ2n) is 6.46. The first-order valence-electron chi connectivity index (χ1n) is 7.70. The molecule has 0 aromatic heterocycles. The second kappa shape index (κ2) is 8.99. The molecule has 0 bridgehead atoms. The molecule has 1 N–H and O–H groups in total. The molecule has 0 aliphatic rings. The van der Waals surface area contributed by atoms with E-state index in [4.69, 9.17) is 6.42 Å². The number of amides is 1. The molecule has 0 aliphatic heterocycles. The van der Waals surface area contributed by atoms with Crippen molar-refractivity contribution < 1.29 is 9.90 Å². The Morgan fingerprint density at radius 3 is 2.62 bits per heavy atom. The van der Waals surface area contributed by atoms with Crippen LogP contribution in [0, 0.1) is 35.6 Å². The molecule has 1 atom stereocenters. The minimum absolute atomic E-state index is 0.216. The van der Waals surface area contributed by atoms with Crippen molar-refractivity contribution in [2.75, 3.05) is 13.6 Å². The number of carbonyl (C=O) groups excluding carboxylic acids is 1. The van der Waals surface area contributed by atoms with E-state index in [9.17, 15) is 9.90 Å². The number of carbonyl (C=O) groups is 1. The number of aliphatic hydroxyl groups excluding tert-OH is 1. The van der Waals surface area contributed by atoms with Gasteiger partial charge in [0, 0.05) is 13.5 Å². The maximum atomic E-state index is 11.9. The smallest absolute Gasteiger partial charge is 0.298 e. The van der Waals surface area contributed by atoms with E-state index in [2.05, 4.69) is 48.9 Å². The van der Waals surface area contributed by atoms with Gasteiger partial charge in [0.05, 0.1) is 6.54 Å². The number of benzene rings is 1. The molecule has 124 valence electrons. The van der Waals surface area contributed by atoms with Crippen molar-refractivity contribution in [2.24, 2.45) is 0 Å². The predicted octanol–water partition coefficient (Wildman–Crippen LogP) is 2.24. The van der Waals surface area contributed by atoms with E-state index < -0.39 is 14.2 Å². The standard InChI is InChI=1S/C20H23NO2Si/c1-6-10-17-11-7-8-12-18(17)19(22)13-9-15-21(2)20(23)14-16-24(3,4)5/h1,7-8,11-12,19,22H,10,15H2,2-5H3. The van der Waals surface area contributed by atoms with E-state index in [1.165, 1.54) is 4.90 Å². The number of terminal acetylenes is 1. The van der Waals surface area contributed by atoms with Crippen molar-refractivity contribution in [3.63, 3.8) is 0 Å². The van der Waals surface area contributed by atoms with Crippen LogP contribution in [0.1, 0.15) is 17.2 Å². The van der Waals surface area contributed by atoms with Crippen LogP contribution in [0.4, 0.5) is 0 Å². The fourth-order valence-electron chi connectivity index (χ4n) is 1.82. The zero-order chi connectivity index (χ0) is 18.2. The number of hydrogen-bond acceptors (Lipinski definition) is 2. The molecule has 0 radical (unpaired) electrons. The average molecular weight is 337 g/mol. The lowest BCUT2D eigenvalue weighted by Crippen LogP contribution is -2.26. The molecular weight excluding hydrogens is 314 g/mol. The van der Waals surface area contributed by atoms with Gasteiger partial charge in [0.15, 0.2) is 0 Å². The number of rotatable bonds is 3. The number of nitrogens with zero attached hydrogens (tertiary/aromatic N) is 1. The molecule has 1 aromatic carbocycles. The maximum Gasteiger partial charge on any atom is 0.298 e. The molecule has 4 heteroatoms. The summed E-state index contributed by atoms with van der Waals surface area (Å²) < 4.78 is 0. The van der Waals surface area contributed by atoms with Crippen LogP contribution < -0.4 is 0 Å². The first-order valence-corrected chi connectivity index (χ1v) is 11.2. The van der Waals surface area contributed by atoms with Gasteiger partial charge in [-0.3, -0.25) is 4.79 Å². The predicted molar refractivity (Wildman–Crippen MR) is 100 cm³/mol. The maximum absolute atomic E-state index is 11.9. The zero-order valence-corrected chi connectivity index (χ0v) is 15.7. The Balaban J connectivity index is 2.73. The Morgan fingerprint density at radius 1 is 1.33 bits per heavy atom. The van der Waals surface area contributed by atoms with Crippen LogP contribution in [0.25, 0.3) is 0 Å². The molecule has 0 fully saturated rings. The lowest BCUT2D eigenvalue weighted by molar-refractivity contribution is -0.123. The van der Waals surface area contributed by atoms with Crippen LogP contribution in [0.15, 0.2) is 24.3 Å². The Bertz CT molecular complexity index is 748. The highest BCUT2D eigenvalue weighted by Crippen LogP contribution is 2.17. The molecule has 0 aliphatic carbocycles. The van der Waals surface area contributed by atoms with Crippen LogP contribution in [0.3, 0.4) is 0 Å². The molecule has 1 aromatic rings. The van der Waals surface area contributed by atoms with Crippen LogP contribution in [-0.4, -0.2) is 37.6 Å². The summed E-state index contributed by atoms with van der Waals surface area (Å²) >= 11 is 0. The summed E-state index contributed by atoms with van der Waals surface area (Å²) in [5, 5.41) is 10.2. The van der Waals surface area contributed by atoms with Crippen LogP contribution in [0.2, 0.25) is 19.6 Å². The molecule has 1 rings (SSSR count). The van der Waals surface area contributed by atoms with E-state index in [1.807, 2.05) is 18.2 Å². The second-order valence-corrected chi connectivity index (χ2v) is 11.2. The van der Waals surface area contributed by atoms with Crippen LogP contribution in [-0.2, 0) is 11.2 Å². The molecule has 0 saturated carbocycles. The van der Waals surface area contributed by atoms with Crippen LogP contribution in [0.5, 0.6) is 0 Å². The van der Waals surface area contributed by atoms with Gasteiger partial charge in [-0.05, 0) is 17.0 Å². The third-order valence-electron chi connectivity index (χ3n) is 3.09. The van der Waals surface area contributed by atoms with E-state index in [1.54, 1.807) is 13.1 Å². The van der Waals surface area contributed by atoms with Crippen molar-refractivity contribution in [2.45, 2.75) is 32.2 Å². The van der Waals surface area contributed by atoms with Gasteiger partial charge in [-0.2, -0.15) is 0 Å². The van der Waals surface area contributed by atoms with Crippen molar-refractivity contribution in [1.82, 2.24) is 4.90 Å². The van der Waals surface area contributed by atoms with Crippen molar-refractivity contribution >= 4 is 14.0 Å². The van der Waals surface area contributed by atoms with Crippen molar-refractivity contribution in [3.05, 3.63) is 35.4 Å². The minimum Gasteiger partial charge on any atom is -0.376 e. The Kier molecular flexibility index (Phi) is 7.34. The zero-order valence-electron chi connectivity index (χ0n) is 14.7. The third kappa shape index (κ3) is 6.76. The van der Waals surface area contributed by atoms with Crippen molar-refractivity contribution in [3.8, 4) is 35.6 Å². The van der Waals surface area contributed by atoms with E-state index >= 15 is 0 Å². The molecule has 0 saturated heterocycles. The highest BCUT2D eigenvalue weighted by molar-refractivity contribution is 6.84. The largest absolute Gasteiger partial charge is 0.376 e. The van der Waals surface area contributed by atoms with Gasteiger partial charge >= 0.3 is 0 Å². The first-order chi connectivity index (χ1) is 11.2. The van der Waals surface area contributed by atoms with E-state index in [0.29, 0.717) is 12.0 Å². The molecule has 24 heavy (non-hydrogen) atoms. The number of hydrogen-bond donors (Lipinski definition) is 1. The molecule has 1 unspecified atom stereocenters. The van der Waals surface area contributed by atoms with E-state index in [-0.39, 0.29) is 12.5 Å². The Labute approximate surface area is 146 Å².